The van der Waals surface area contributed by atoms with Crippen LogP contribution in [0.3, 0.4) is 0 Å². The molecule has 4 bridgehead atoms. The first-order valence-corrected chi connectivity index (χ1v) is 21.6. The fourth-order valence-electron chi connectivity index (χ4n) is 9.23. The van der Waals surface area contributed by atoms with Crippen LogP contribution in [0.2, 0.25) is 0 Å². The van der Waals surface area contributed by atoms with Gasteiger partial charge >= 0.3 is 11.8 Å². The summed E-state index contributed by atoms with van der Waals surface area (Å²) in [5.74, 6) is -6.74. The van der Waals surface area contributed by atoms with Crippen LogP contribution in [0, 0.1) is 30.6 Å². The van der Waals surface area contributed by atoms with Gasteiger partial charge in [0.25, 0.3) is 11.7 Å². The number of amides is 1. The summed E-state index contributed by atoms with van der Waals surface area (Å²) >= 11 is 0. The third-order valence-corrected chi connectivity index (χ3v) is 13.1. The maximum Gasteiger partial charge on any atom is 0.312 e. The molecule has 0 radical (unpaired) electrons. The Morgan fingerprint density at radius 2 is 1.60 bits per heavy atom. The summed E-state index contributed by atoms with van der Waals surface area (Å²) in [5, 5.41) is 53.2. The molecule has 338 valence electrons. The third kappa shape index (κ3) is 8.29. The lowest BCUT2D eigenvalue weighted by molar-refractivity contribution is -0.160. The normalized spacial score (nSPS) is 30.7. The van der Waals surface area contributed by atoms with Crippen LogP contribution in [0.1, 0.15) is 83.7 Å². The summed E-state index contributed by atoms with van der Waals surface area (Å²) in [7, 11) is 1.46. The van der Waals surface area contributed by atoms with Gasteiger partial charge in [0.15, 0.2) is 17.2 Å². The zero-order valence-electron chi connectivity index (χ0n) is 37.3. The Balaban J connectivity index is 1.39. The number of nitrogens with one attached hydrogen (secondary N) is 2. The molecule has 0 aliphatic carbocycles. The van der Waals surface area contributed by atoms with Crippen molar-refractivity contribution in [2.75, 3.05) is 35.7 Å². The van der Waals surface area contributed by atoms with E-state index in [0.29, 0.717) is 11.4 Å². The van der Waals surface area contributed by atoms with E-state index in [0.717, 1.165) is 38.0 Å². The molecule has 3 aromatic carbocycles. The van der Waals surface area contributed by atoms with Crippen LogP contribution in [0.25, 0.3) is 10.8 Å². The SMILES string of the molecule is CO[C@H]1/C=C/O[C@@]2(C)Oc3c(C)c(O)c4c(O)c(c5c(c4c3C2=O)Nc2ccc(N3CCCCC3)cc2O5)NC(=O)/C(C)=C\C=C\[C@H](C)[C@H](O)[C@@H](C)[C@@H](O)[C@@H](C)[C@H](OC(C)=O)[C@@H]1C. The Morgan fingerprint density at radius 1 is 0.889 bits per heavy atom. The number of nitrogens with zero attached hydrogens (tertiary/aromatic N) is 1. The number of ketones is 1. The predicted molar refractivity (Wildman–Crippen MR) is 238 cm³/mol. The van der Waals surface area contributed by atoms with E-state index in [2.05, 4.69) is 15.5 Å². The summed E-state index contributed by atoms with van der Waals surface area (Å²) < 4.78 is 30.6. The van der Waals surface area contributed by atoms with Crippen LogP contribution in [-0.2, 0) is 23.8 Å². The molecule has 4 aliphatic rings. The van der Waals surface area contributed by atoms with Gasteiger partial charge in [-0.2, -0.15) is 0 Å². The molecule has 6 N–H and O–H groups in total. The lowest BCUT2D eigenvalue weighted by Gasteiger charge is -2.38. The molecule has 0 saturated carbocycles. The number of hydrogen-bond donors (Lipinski definition) is 6. The van der Waals surface area contributed by atoms with Crippen LogP contribution in [0.4, 0.5) is 22.7 Å². The number of anilines is 4. The smallest absolute Gasteiger partial charge is 0.312 e. The maximum atomic E-state index is 14.8. The number of aliphatic hydroxyl groups is 2. The topological polar surface area (TPSA) is 206 Å². The van der Waals surface area contributed by atoms with Crippen molar-refractivity contribution >= 4 is 51.2 Å². The highest BCUT2D eigenvalue weighted by Gasteiger charge is 2.50. The molecule has 0 aromatic heterocycles. The average molecular weight is 870 g/mol. The molecule has 15 heteroatoms. The minimum atomic E-state index is -1.98. The highest BCUT2D eigenvalue weighted by molar-refractivity contribution is 6.25. The Bertz CT molecular complexity index is 2400. The number of phenols is 2. The number of carbonyl (C=O) groups is 3. The van der Waals surface area contributed by atoms with E-state index >= 15 is 0 Å². The van der Waals surface area contributed by atoms with Crippen LogP contribution in [0.5, 0.6) is 28.7 Å². The van der Waals surface area contributed by atoms with Crippen LogP contribution < -0.4 is 25.0 Å². The van der Waals surface area contributed by atoms with E-state index in [-0.39, 0.29) is 50.3 Å². The number of hydrogen-bond acceptors (Lipinski definition) is 14. The van der Waals surface area contributed by atoms with Crippen molar-refractivity contribution in [3.8, 4) is 28.7 Å². The Hall–Kier alpha value is -5.77. The van der Waals surface area contributed by atoms with Gasteiger partial charge in [0.2, 0.25) is 0 Å². The molecule has 3 aromatic rings. The quantitative estimate of drug-likeness (QED) is 0.0659. The van der Waals surface area contributed by atoms with E-state index < -0.39 is 83.0 Å². The monoisotopic (exact) mass is 869 g/mol. The Labute approximate surface area is 367 Å². The first kappa shape index (κ1) is 45.3. The number of carbonyl (C=O) groups excluding carboxylic acids is 3. The second-order valence-corrected chi connectivity index (χ2v) is 17.5. The summed E-state index contributed by atoms with van der Waals surface area (Å²) in [4.78, 5) is 43.4. The van der Waals surface area contributed by atoms with Gasteiger partial charge in [0, 0.05) is 86.0 Å². The lowest BCUT2D eigenvalue weighted by atomic mass is 9.78. The second-order valence-electron chi connectivity index (χ2n) is 17.5. The number of rotatable bonds is 3. The minimum Gasteiger partial charge on any atom is -0.507 e. The van der Waals surface area contributed by atoms with E-state index in [1.165, 1.54) is 27.2 Å². The summed E-state index contributed by atoms with van der Waals surface area (Å²) in [6, 6.07) is 5.73. The molecule has 1 fully saturated rings. The highest BCUT2D eigenvalue weighted by atomic mass is 16.7. The van der Waals surface area contributed by atoms with E-state index in [9.17, 15) is 34.8 Å². The molecule has 0 spiro atoms. The highest BCUT2D eigenvalue weighted by Crippen LogP contribution is 2.60. The molecule has 63 heavy (non-hydrogen) atoms. The Kier molecular flexibility index (Phi) is 12.8. The number of fused-ring (bicyclic) bond motifs is 2. The number of allylic oxidation sites excluding steroid dienone is 2. The van der Waals surface area contributed by atoms with Crippen molar-refractivity contribution in [2.45, 2.75) is 105 Å². The van der Waals surface area contributed by atoms with Crippen molar-refractivity contribution in [2.24, 2.45) is 23.7 Å². The van der Waals surface area contributed by atoms with E-state index in [4.69, 9.17) is 23.7 Å². The van der Waals surface area contributed by atoms with Crippen molar-refractivity contribution in [1.82, 2.24) is 0 Å². The van der Waals surface area contributed by atoms with Crippen LogP contribution in [-0.4, -0.2) is 88.5 Å². The van der Waals surface area contributed by atoms with Gasteiger partial charge in [-0.05, 0) is 51.3 Å². The second kappa shape index (κ2) is 17.8. The average Bonchev–Trinajstić information content (AvgIpc) is 3.53. The van der Waals surface area contributed by atoms with Gasteiger partial charge in [-0.3, -0.25) is 14.4 Å². The van der Waals surface area contributed by atoms with Gasteiger partial charge in [-0.25, -0.2) is 0 Å². The first-order chi connectivity index (χ1) is 29.9. The Morgan fingerprint density at radius 3 is 2.29 bits per heavy atom. The summed E-state index contributed by atoms with van der Waals surface area (Å²) in [5.41, 5.74) is 1.88. The molecular weight excluding hydrogens is 811 g/mol. The van der Waals surface area contributed by atoms with Crippen LogP contribution >= 0.6 is 0 Å². The zero-order chi connectivity index (χ0) is 45.7. The van der Waals surface area contributed by atoms with Gasteiger partial charge in [0.05, 0.1) is 46.9 Å². The molecule has 4 aliphatic heterocycles. The van der Waals surface area contributed by atoms with Crippen molar-refractivity contribution < 1.29 is 58.5 Å². The molecule has 9 atom stereocenters. The molecular formula is C48H59N3O12. The van der Waals surface area contributed by atoms with Gasteiger partial charge in [0.1, 0.15) is 23.3 Å². The summed E-state index contributed by atoms with van der Waals surface area (Å²) in [6.45, 7) is 14.6. The number of ether oxygens (including phenoxy) is 5. The number of aliphatic hydroxyl groups excluding tert-OH is 2. The minimum absolute atomic E-state index is 0.000102. The molecule has 0 unspecified atom stereocenters. The number of benzene rings is 3. The number of piperidine rings is 1. The van der Waals surface area contributed by atoms with Crippen molar-refractivity contribution in [1.29, 1.82) is 0 Å². The fourth-order valence-corrected chi connectivity index (χ4v) is 9.23. The standard InChI is InChI=1S/C48H59N3O12/c1-23-14-13-15-24(2)47(58)50-38-42(56)35-34(37-45(38)62-33-22-30(16-17-31(33)49-37)51-19-11-10-12-20-51)36-44(28(6)41(35)55)63-48(8,46(36)57)60-21-18-32(59-9)25(3)43(61-29(7)52)27(5)40(54)26(4)39(23)53/h13-18,21-23,25-27,32,39-40,43,49,53-56H,10-12,19-20H2,1-9H3,(H,50,58)/b14-13+,21-18+,24-15-/t23-,25+,26+,27+,32-,39-,40+,43+,48-/m0/s1. The van der Waals surface area contributed by atoms with Gasteiger partial charge in [-0.1, -0.05) is 45.9 Å². The lowest BCUT2D eigenvalue weighted by Crippen LogP contribution is -2.46. The third-order valence-electron chi connectivity index (χ3n) is 13.1. The zero-order valence-corrected chi connectivity index (χ0v) is 37.3. The maximum absolute atomic E-state index is 14.8. The summed E-state index contributed by atoms with van der Waals surface area (Å²) in [6.07, 6.45) is 7.12. The number of Topliss-reactive ketones (excluding diaryl/α,β-unsaturated/α-hetero) is 1. The number of methoxy groups -OCH3 is 1. The number of aromatic hydroxyl groups is 2. The predicted octanol–water partition coefficient (Wildman–Crippen LogP) is 7.89. The fraction of sp³-hybridized carbons (Fsp3) is 0.479. The van der Waals surface area contributed by atoms with E-state index in [1.807, 2.05) is 18.2 Å². The van der Waals surface area contributed by atoms with Crippen molar-refractivity contribution in [3.63, 3.8) is 0 Å². The van der Waals surface area contributed by atoms with Gasteiger partial charge < -0.3 is 59.6 Å². The molecule has 4 heterocycles. The largest absolute Gasteiger partial charge is 0.507 e. The number of esters is 1. The molecule has 15 nitrogen and oxygen atoms in total. The van der Waals surface area contributed by atoms with Crippen LogP contribution in [0.15, 0.2) is 54.3 Å². The van der Waals surface area contributed by atoms with Crippen molar-refractivity contribution in [3.05, 3.63) is 65.5 Å². The molecule has 7 rings (SSSR count). The molecule has 1 amide bonds. The molecule has 1 saturated heterocycles. The number of phenolic OH excluding ortho intramolecular Hbond substituents is 2. The van der Waals surface area contributed by atoms with Gasteiger partial charge in [-0.15, -0.1) is 0 Å². The van der Waals surface area contributed by atoms with E-state index in [1.54, 1.807) is 65.8 Å². The first-order valence-electron chi connectivity index (χ1n) is 21.6.